The van der Waals surface area contributed by atoms with Crippen molar-refractivity contribution in [2.45, 2.75) is 26.4 Å². The van der Waals surface area contributed by atoms with E-state index >= 15 is 0 Å². The molecule has 0 fully saturated rings. The number of hydrogen-bond donors (Lipinski definition) is 2. The van der Waals surface area contributed by atoms with Crippen molar-refractivity contribution >= 4 is 11.0 Å². The molecule has 1 aromatic carbocycles. The van der Waals surface area contributed by atoms with E-state index in [1.54, 1.807) is 12.1 Å². The Hall–Kier alpha value is -2.47. The Morgan fingerprint density at radius 3 is 2.95 bits per heavy atom. The molecule has 3 aromatic rings. The van der Waals surface area contributed by atoms with E-state index in [9.17, 15) is 4.79 Å². The maximum atomic E-state index is 12.3. The van der Waals surface area contributed by atoms with Gasteiger partial charge in [0.25, 0.3) is 0 Å². The number of para-hydroxylation sites is 1. The molecule has 0 saturated carbocycles. The zero-order valence-corrected chi connectivity index (χ0v) is 11.9. The van der Waals surface area contributed by atoms with Crippen molar-refractivity contribution in [1.82, 2.24) is 20.5 Å². The lowest BCUT2D eigenvalue weighted by Gasteiger charge is -2.09. The van der Waals surface area contributed by atoms with Gasteiger partial charge in [0.15, 0.2) is 11.3 Å². The number of rotatable bonds is 4. The summed E-state index contributed by atoms with van der Waals surface area (Å²) in [5, 5.41) is 10.7. The number of hydrogen-bond acceptors (Lipinski definition) is 5. The highest BCUT2D eigenvalue weighted by Gasteiger charge is 2.12. The van der Waals surface area contributed by atoms with E-state index in [0.717, 1.165) is 5.82 Å². The predicted octanol–water partition coefficient (Wildman–Crippen LogP) is 2.07. The Bertz CT molecular complexity index is 822. The molecule has 3 rings (SSSR count). The van der Waals surface area contributed by atoms with Crippen molar-refractivity contribution < 1.29 is 4.42 Å². The summed E-state index contributed by atoms with van der Waals surface area (Å²) in [5.41, 5.74) is 1.18. The summed E-state index contributed by atoms with van der Waals surface area (Å²) >= 11 is 0. The van der Waals surface area contributed by atoms with Crippen molar-refractivity contribution in [2.24, 2.45) is 0 Å². The normalized spacial score (nSPS) is 12.7. The maximum absolute atomic E-state index is 12.3. The second-order valence-electron chi connectivity index (χ2n) is 4.97. The number of aromatic nitrogens is 3. The van der Waals surface area contributed by atoms with E-state index in [4.69, 9.17) is 4.42 Å². The van der Waals surface area contributed by atoms with Crippen LogP contribution in [0.1, 0.15) is 30.2 Å². The van der Waals surface area contributed by atoms with E-state index in [2.05, 4.69) is 20.5 Å². The third-order valence-corrected chi connectivity index (χ3v) is 3.35. The van der Waals surface area contributed by atoms with Crippen LogP contribution < -0.4 is 10.7 Å². The van der Waals surface area contributed by atoms with Gasteiger partial charge < -0.3 is 9.73 Å². The first-order valence-electron chi connectivity index (χ1n) is 6.77. The monoisotopic (exact) mass is 284 g/mol. The minimum atomic E-state index is -0.0548. The molecule has 0 bridgehead atoms. The molecule has 0 aliphatic rings. The summed E-state index contributed by atoms with van der Waals surface area (Å²) in [6, 6.07) is 7.17. The Balaban J connectivity index is 1.79. The zero-order chi connectivity index (χ0) is 14.8. The Morgan fingerprint density at radius 2 is 2.19 bits per heavy atom. The number of aromatic amines is 1. The first-order chi connectivity index (χ1) is 10.1. The molecule has 21 heavy (non-hydrogen) atoms. The molecule has 2 heterocycles. The van der Waals surface area contributed by atoms with Crippen molar-refractivity contribution in [3.05, 3.63) is 58.0 Å². The second kappa shape index (κ2) is 5.49. The quantitative estimate of drug-likeness (QED) is 0.766. The molecule has 0 spiro atoms. The van der Waals surface area contributed by atoms with Gasteiger partial charge in [0.2, 0.25) is 0 Å². The van der Waals surface area contributed by atoms with Crippen LogP contribution in [0.15, 0.2) is 39.7 Å². The summed E-state index contributed by atoms with van der Waals surface area (Å²) < 4.78 is 5.49. The van der Waals surface area contributed by atoms with Crippen LogP contribution in [0.4, 0.5) is 0 Å². The third kappa shape index (κ3) is 2.71. The summed E-state index contributed by atoms with van der Waals surface area (Å²) in [4.78, 5) is 16.6. The van der Waals surface area contributed by atoms with Gasteiger partial charge in [-0.25, -0.2) is 4.98 Å². The molecule has 0 saturated heterocycles. The highest BCUT2D eigenvalue weighted by atomic mass is 16.3. The standard InChI is InChI=1S/C15H16N4O2/c1-9(15-17-10(2)18-19-15)16-7-11-8-21-13-6-4-3-5-12(13)14(11)20/h3-6,8-9,16H,7H2,1-2H3,(H,17,18,19). The smallest absolute Gasteiger partial charge is 0.197 e. The highest BCUT2D eigenvalue weighted by molar-refractivity contribution is 5.76. The van der Waals surface area contributed by atoms with Gasteiger partial charge in [0.05, 0.1) is 17.7 Å². The molecule has 0 radical (unpaired) electrons. The first-order valence-corrected chi connectivity index (χ1v) is 6.77. The molecule has 108 valence electrons. The highest BCUT2D eigenvalue weighted by Crippen LogP contribution is 2.11. The van der Waals surface area contributed by atoms with Gasteiger partial charge in [0.1, 0.15) is 11.4 Å². The molecule has 1 unspecified atom stereocenters. The molecule has 0 amide bonds. The fourth-order valence-electron chi connectivity index (χ4n) is 2.15. The van der Waals surface area contributed by atoms with Gasteiger partial charge in [-0.2, -0.15) is 5.10 Å². The van der Waals surface area contributed by atoms with Crippen molar-refractivity contribution in [3.63, 3.8) is 0 Å². The average Bonchev–Trinajstić information content (AvgIpc) is 2.93. The van der Waals surface area contributed by atoms with Crippen LogP contribution in [-0.4, -0.2) is 15.2 Å². The molecule has 6 heteroatoms. The largest absolute Gasteiger partial charge is 0.464 e. The van der Waals surface area contributed by atoms with Crippen LogP contribution in [0.25, 0.3) is 11.0 Å². The second-order valence-corrected chi connectivity index (χ2v) is 4.97. The van der Waals surface area contributed by atoms with Crippen LogP contribution in [0.2, 0.25) is 0 Å². The zero-order valence-electron chi connectivity index (χ0n) is 11.9. The van der Waals surface area contributed by atoms with Crippen LogP contribution in [-0.2, 0) is 6.54 Å². The lowest BCUT2D eigenvalue weighted by molar-refractivity contribution is 0.530. The van der Waals surface area contributed by atoms with Crippen molar-refractivity contribution in [3.8, 4) is 0 Å². The van der Waals surface area contributed by atoms with Gasteiger partial charge in [-0.3, -0.25) is 9.89 Å². The van der Waals surface area contributed by atoms with Crippen molar-refractivity contribution in [1.29, 1.82) is 0 Å². The van der Waals surface area contributed by atoms with Gasteiger partial charge in [-0.15, -0.1) is 0 Å². The summed E-state index contributed by atoms with van der Waals surface area (Å²) in [6.07, 6.45) is 1.51. The van der Waals surface area contributed by atoms with Crippen LogP contribution in [0.3, 0.4) is 0 Å². The summed E-state index contributed by atoms with van der Waals surface area (Å²) in [5.74, 6) is 1.45. The van der Waals surface area contributed by atoms with E-state index in [1.165, 1.54) is 6.26 Å². The van der Waals surface area contributed by atoms with E-state index < -0.39 is 0 Å². The van der Waals surface area contributed by atoms with Crippen LogP contribution in [0.5, 0.6) is 0 Å². The number of aryl methyl sites for hydroxylation is 1. The number of nitrogens with zero attached hydrogens (tertiary/aromatic N) is 2. The maximum Gasteiger partial charge on any atom is 0.197 e. The fraction of sp³-hybridized carbons (Fsp3) is 0.267. The third-order valence-electron chi connectivity index (χ3n) is 3.35. The van der Waals surface area contributed by atoms with Crippen LogP contribution >= 0.6 is 0 Å². The molecule has 2 aromatic heterocycles. The topological polar surface area (TPSA) is 83.8 Å². The Labute approximate surface area is 121 Å². The SMILES string of the molecule is Cc1nc(C(C)NCc2coc3ccccc3c2=O)n[nH]1. The molecule has 6 nitrogen and oxygen atoms in total. The van der Waals surface area contributed by atoms with E-state index in [1.807, 2.05) is 26.0 Å². The molecular formula is C15H16N4O2. The lowest BCUT2D eigenvalue weighted by Crippen LogP contribution is -2.23. The van der Waals surface area contributed by atoms with Crippen LogP contribution in [0, 0.1) is 6.92 Å². The Morgan fingerprint density at radius 1 is 1.38 bits per heavy atom. The van der Waals surface area contributed by atoms with E-state index in [-0.39, 0.29) is 11.5 Å². The lowest BCUT2D eigenvalue weighted by atomic mass is 10.1. The van der Waals surface area contributed by atoms with E-state index in [0.29, 0.717) is 28.9 Å². The Kier molecular flexibility index (Phi) is 3.53. The van der Waals surface area contributed by atoms with Crippen molar-refractivity contribution in [2.75, 3.05) is 0 Å². The first kappa shape index (κ1) is 13.5. The van der Waals surface area contributed by atoms with Gasteiger partial charge in [0, 0.05) is 12.1 Å². The molecular weight excluding hydrogens is 268 g/mol. The number of benzene rings is 1. The number of H-pyrrole nitrogens is 1. The number of fused-ring (bicyclic) bond motifs is 1. The summed E-state index contributed by atoms with van der Waals surface area (Å²) in [7, 11) is 0. The minimum Gasteiger partial charge on any atom is -0.464 e. The fourth-order valence-corrected chi connectivity index (χ4v) is 2.15. The molecule has 0 aliphatic heterocycles. The number of nitrogens with one attached hydrogen (secondary N) is 2. The average molecular weight is 284 g/mol. The van der Waals surface area contributed by atoms with Gasteiger partial charge >= 0.3 is 0 Å². The molecule has 1 atom stereocenters. The van der Waals surface area contributed by atoms with Gasteiger partial charge in [-0.1, -0.05) is 12.1 Å². The predicted molar refractivity (Wildman–Crippen MR) is 78.9 cm³/mol. The molecule has 2 N–H and O–H groups in total. The van der Waals surface area contributed by atoms with Gasteiger partial charge in [-0.05, 0) is 26.0 Å². The minimum absolute atomic E-state index is 0.0114. The summed E-state index contributed by atoms with van der Waals surface area (Å²) in [6.45, 7) is 4.20. The molecule has 0 aliphatic carbocycles.